The van der Waals surface area contributed by atoms with Gasteiger partial charge in [0, 0.05) is 0 Å². The molecule has 0 bridgehead atoms. The fourth-order valence-electron chi connectivity index (χ4n) is 2.91. The van der Waals surface area contributed by atoms with Gasteiger partial charge in [0.05, 0.1) is 0 Å². The molecule has 0 saturated heterocycles. The zero-order valence-corrected chi connectivity index (χ0v) is 17.6. The molecule has 6 nitrogen and oxygen atoms in total. The number of fused-ring (bicyclic) bond motifs is 1. The zero-order valence-electron chi connectivity index (χ0n) is 15.7. The third kappa shape index (κ3) is 5.29. The number of aromatic nitrogens is 3. The van der Waals surface area contributed by atoms with Gasteiger partial charge in [-0.15, -0.1) is 0 Å². The molecule has 3 aromatic rings. The summed E-state index contributed by atoms with van der Waals surface area (Å²) in [6.45, 7) is 2.15. The predicted octanol–water partition coefficient (Wildman–Crippen LogP) is 2.53. The van der Waals surface area contributed by atoms with Gasteiger partial charge in [-0.25, -0.2) is 0 Å². The van der Waals surface area contributed by atoms with Crippen molar-refractivity contribution in [3.63, 3.8) is 0 Å². The smallest absolute Gasteiger partial charge is 0.169 e. The van der Waals surface area contributed by atoms with Crippen molar-refractivity contribution < 1.29 is 18.0 Å². The Morgan fingerprint density at radius 2 is 2.00 bits per heavy atom. The predicted molar refractivity (Wildman–Crippen MR) is 106 cm³/mol. The number of anilines is 1. The SMILES string of the molecule is CC(C)[C@H](Nc1cncc(-c2c[nH]c3ncc([As])cc23)c1)C(=O)NCC(F)(F)F. The van der Waals surface area contributed by atoms with Gasteiger partial charge in [0.1, 0.15) is 0 Å². The van der Waals surface area contributed by atoms with Gasteiger partial charge >= 0.3 is 161 Å². The molecule has 0 aliphatic rings. The number of halogens is 3. The van der Waals surface area contributed by atoms with E-state index in [1.165, 1.54) is 6.20 Å². The number of amides is 1. The van der Waals surface area contributed by atoms with E-state index in [0.29, 0.717) is 5.69 Å². The van der Waals surface area contributed by atoms with Crippen molar-refractivity contribution in [3.8, 4) is 11.1 Å². The van der Waals surface area contributed by atoms with Crippen LogP contribution in [0.2, 0.25) is 0 Å². The molecule has 1 atom stereocenters. The summed E-state index contributed by atoms with van der Waals surface area (Å²) in [5.41, 5.74) is 2.95. The standard InChI is InChI=1S/C19H19AsF3N5O/c1-10(2)16(18(29)27-9-19(21,22)23)28-13-3-11(5-24-7-13)15-8-26-17-14(15)4-12(20)6-25-17/h3-8,10,16,28H,9H2,1-2H3,(H,25,26)(H,27,29)/t16-/m0/s1. The zero-order chi connectivity index (χ0) is 21.2. The van der Waals surface area contributed by atoms with Crippen molar-refractivity contribution in [2.24, 2.45) is 5.92 Å². The Hall–Kier alpha value is -2.54. The quantitative estimate of drug-likeness (QED) is 0.489. The summed E-state index contributed by atoms with van der Waals surface area (Å²) >= 11 is 2.43. The molecule has 0 aliphatic heterocycles. The third-order valence-corrected chi connectivity index (χ3v) is 4.81. The number of carbonyl (C=O) groups is 1. The van der Waals surface area contributed by atoms with Crippen LogP contribution in [0.1, 0.15) is 13.8 Å². The number of hydrogen-bond acceptors (Lipinski definition) is 4. The number of H-pyrrole nitrogens is 1. The van der Waals surface area contributed by atoms with Gasteiger partial charge in [0.15, 0.2) is 0 Å². The first-order chi connectivity index (χ1) is 13.6. The van der Waals surface area contributed by atoms with E-state index < -0.39 is 24.7 Å². The third-order valence-electron chi connectivity index (χ3n) is 4.30. The molecule has 10 heteroatoms. The van der Waals surface area contributed by atoms with Gasteiger partial charge in [-0.05, 0) is 0 Å². The van der Waals surface area contributed by atoms with Crippen LogP contribution in [0.4, 0.5) is 18.9 Å². The first-order valence-corrected chi connectivity index (χ1v) is 9.80. The van der Waals surface area contributed by atoms with E-state index in [4.69, 9.17) is 0 Å². The average Bonchev–Trinajstić information content (AvgIpc) is 3.06. The van der Waals surface area contributed by atoms with E-state index >= 15 is 0 Å². The molecule has 2 radical (unpaired) electrons. The number of hydrogen-bond donors (Lipinski definition) is 3. The fourth-order valence-corrected chi connectivity index (χ4v) is 3.30. The van der Waals surface area contributed by atoms with Crippen LogP contribution in [-0.2, 0) is 4.79 Å². The molecule has 3 heterocycles. The maximum absolute atomic E-state index is 12.4. The van der Waals surface area contributed by atoms with Crippen LogP contribution in [-0.4, -0.2) is 56.5 Å². The molecule has 29 heavy (non-hydrogen) atoms. The second kappa shape index (κ2) is 8.45. The van der Waals surface area contributed by atoms with E-state index in [1.54, 1.807) is 32.3 Å². The number of aromatic amines is 1. The monoisotopic (exact) mass is 465 g/mol. The molecule has 3 rings (SSSR count). The molecule has 0 saturated carbocycles. The first-order valence-electron chi connectivity index (χ1n) is 8.86. The number of nitrogens with zero attached hydrogens (tertiary/aromatic N) is 2. The first kappa shape index (κ1) is 21.2. The van der Waals surface area contributed by atoms with Gasteiger partial charge in [-0.3, -0.25) is 0 Å². The van der Waals surface area contributed by atoms with Crippen molar-refractivity contribution in [2.45, 2.75) is 26.1 Å². The van der Waals surface area contributed by atoms with E-state index in [0.717, 1.165) is 26.5 Å². The van der Waals surface area contributed by atoms with Crippen LogP contribution < -0.4 is 15.0 Å². The van der Waals surface area contributed by atoms with Crippen LogP contribution in [0.5, 0.6) is 0 Å². The Morgan fingerprint density at radius 1 is 1.24 bits per heavy atom. The number of rotatable bonds is 6. The summed E-state index contributed by atoms with van der Waals surface area (Å²) < 4.78 is 38.2. The van der Waals surface area contributed by atoms with E-state index in [1.807, 2.05) is 17.6 Å². The van der Waals surface area contributed by atoms with E-state index in [-0.39, 0.29) is 5.92 Å². The average molecular weight is 465 g/mol. The molecular weight excluding hydrogens is 446 g/mol. The molecule has 0 aromatic carbocycles. The van der Waals surface area contributed by atoms with Gasteiger partial charge in [-0.2, -0.15) is 13.2 Å². The van der Waals surface area contributed by atoms with Crippen LogP contribution in [0.15, 0.2) is 36.9 Å². The van der Waals surface area contributed by atoms with Crippen LogP contribution in [0.3, 0.4) is 0 Å². The summed E-state index contributed by atoms with van der Waals surface area (Å²) in [5.74, 6) is -0.947. The topological polar surface area (TPSA) is 82.7 Å². The summed E-state index contributed by atoms with van der Waals surface area (Å²) in [4.78, 5) is 23.9. The van der Waals surface area contributed by atoms with Crippen molar-refractivity contribution in [2.75, 3.05) is 11.9 Å². The molecule has 0 spiro atoms. The van der Waals surface area contributed by atoms with Crippen molar-refractivity contribution >= 4 is 43.8 Å². The Labute approximate surface area is 174 Å². The Balaban J connectivity index is 1.84. The second-order valence-electron chi connectivity index (χ2n) is 6.95. The molecular formula is C19H19AsF3N5O. The van der Waals surface area contributed by atoms with Crippen LogP contribution in [0.25, 0.3) is 22.2 Å². The van der Waals surface area contributed by atoms with Crippen molar-refractivity contribution in [1.82, 2.24) is 20.3 Å². The summed E-state index contributed by atoms with van der Waals surface area (Å²) in [6, 6.07) is 2.95. The molecule has 3 N–H and O–H groups in total. The number of alkyl halides is 3. The Kier molecular flexibility index (Phi) is 6.17. The minimum absolute atomic E-state index is 0.232. The number of pyridine rings is 2. The van der Waals surface area contributed by atoms with E-state index in [9.17, 15) is 18.0 Å². The minimum Gasteiger partial charge on any atom is -0.169 e. The van der Waals surface area contributed by atoms with Crippen molar-refractivity contribution in [1.29, 1.82) is 0 Å². The van der Waals surface area contributed by atoms with Crippen LogP contribution >= 0.6 is 0 Å². The summed E-state index contributed by atoms with van der Waals surface area (Å²) in [7, 11) is 0. The molecule has 0 unspecified atom stereocenters. The van der Waals surface area contributed by atoms with Gasteiger partial charge in [0.2, 0.25) is 0 Å². The van der Waals surface area contributed by atoms with Gasteiger partial charge in [0.25, 0.3) is 0 Å². The molecule has 3 aromatic heterocycles. The second-order valence-corrected chi connectivity index (χ2v) is 8.04. The normalized spacial score (nSPS) is 12.9. The molecule has 152 valence electrons. The van der Waals surface area contributed by atoms with Crippen molar-refractivity contribution in [3.05, 3.63) is 36.9 Å². The van der Waals surface area contributed by atoms with Gasteiger partial charge in [-0.1, -0.05) is 0 Å². The molecule has 0 aliphatic carbocycles. The Morgan fingerprint density at radius 3 is 2.69 bits per heavy atom. The van der Waals surface area contributed by atoms with E-state index in [2.05, 4.69) is 37.1 Å². The van der Waals surface area contributed by atoms with Gasteiger partial charge < -0.3 is 0 Å². The Bertz CT molecular complexity index is 1020. The fraction of sp³-hybridized carbons (Fsp3) is 0.316. The number of nitrogens with one attached hydrogen (secondary N) is 3. The number of carbonyl (C=O) groups excluding carboxylic acids is 1. The maximum atomic E-state index is 12.4. The molecule has 0 fully saturated rings. The van der Waals surface area contributed by atoms with Crippen LogP contribution in [0, 0.1) is 5.92 Å². The summed E-state index contributed by atoms with van der Waals surface area (Å²) in [5, 5.41) is 5.86. The minimum atomic E-state index is -4.46. The summed E-state index contributed by atoms with van der Waals surface area (Å²) in [6.07, 6.45) is 2.32. The molecule has 1 amide bonds.